The van der Waals surface area contributed by atoms with E-state index in [2.05, 4.69) is 5.32 Å². The van der Waals surface area contributed by atoms with Crippen molar-refractivity contribution in [2.75, 3.05) is 13.1 Å². The molecule has 22 heavy (non-hydrogen) atoms. The lowest BCUT2D eigenvalue weighted by Crippen LogP contribution is -2.43. The monoisotopic (exact) mass is 306 g/mol. The average molecular weight is 306 g/mol. The highest BCUT2D eigenvalue weighted by Crippen LogP contribution is 2.27. The van der Waals surface area contributed by atoms with Crippen LogP contribution in [0.3, 0.4) is 0 Å². The largest absolute Gasteiger partial charge is 0.481 e. The lowest BCUT2D eigenvalue weighted by molar-refractivity contribution is -0.136. The van der Waals surface area contributed by atoms with Crippen molar-refractivity contribution in [1.29, 1.82) is 0 Å². The van der Waals surface area contributed by atoms with Crippen LogP contribution in [0.5, 0.6) is 0 Å². The topological polar surface area (TPSA) is 89.9 Å². The van der Waals surface area contributed by atoms with E-state index in [-0.39, 0.29) is 25.0 Å². The van der Waals surface area contributed by atoms with Crippen LogP contribution in [-0.4, -0.2) is 46.2 Å². The van der Waals surface area contributed by atoms with Crippen molar-refractivity contribution < 1.29 is 19.8 Å². The number of likely N-dealkylation sites (tertiary alicyclic amines) is 1. The molecule has 120 valence electrons. The summed E-state index contributed by atoms with van der Waals surface area (Å²) in [6.45, 7) is 0.768. The van der Waals surface area contributed by atoms with Crippen molar-refractivity contribution in [3.05, 3.63) is 35.9 Å². The number of rotatable bonds is 6. The van der Waals surface area contributed by atoms with Gasteiger partial charge in [0.25, 0.3) is 0 Å². The molecule has 1 aromatic rings. The number of hydrogen-bond donors (Lipinski definition) is 3. The molecule has 6 nitrogen and oxygen atoms in total. The number of nitrogens with one attached hydrogen (secondary N) is 1. The fourth-order valence-corrected chi connectivity index (χ4v) is 2.80. The van der Waals surface area contributed by atoms with Gasteiger partial charge in [0, 0.05) is 19.1 Å². The summed E-state index contributed by atoms with van der Waals surface area (Å²) in [6.07, 6.45) is 1.57. The molecule has 2 atom stereocenters. The molecule has 0 aromatic heterocycles. The van der Waals surface area contributed by atoms with Crippen LogP contribution < -0.4 is 5.32 Å². The van der Waals surface area contributed by atoms with Crippen molar-refractivity contribution in [2.45, 2.75) is 37.8 Å². The van der Waals surface area contributed by atoms with Gasteiger partial charge in [0.2, 0.25) is 0 Å². The first kappa shape index (κ1) is 16.3. The molecule has 1 saturated heterocycles. The Morgan fingerprint density at radius 2 is 2.05 bits per heavy atom. The van der Waals surface area contributed by atoms with Gasteiger partial charge in [-0.15, -0.1) is 0 Å². The molecule has 1 heterocycles. The molecule has 1 aliphatic rings. The van der Waals surface area contributed by atoms with Gasteiger partial charge in [0.15, 0.2) is 0 Å². The number of carbonyl (C=O) groups is 2. The summed E-state index contributed by atoms with van der Waals surface area (Å²) < 4.78 is 0. The Kier molecular flexibility index (Phi) is 5.77. The first-order valence-electron chi connectivity index (χ1n) is 7.57. The van der Waals surface area contributed by atoms with E-state index in [0.29, 0.717) is 13.0 Å². The minimum Gasteiger partial charge on any atom is -0.481 e. The minimum absolute atomic E-state index is 0.0139. The summed E-state index contributed by atoms with van der Waals surface area (Å²) in [4.78, 5) is 24.3. The molecule has 2 amide bonds. The third-order valence-corrected chi connectivity index (χ3v) is 3.93. The quantitative estimate of drug-likeness (QED) is 0.747. The van der Waals surface area contributed by atoms with E-state index in [1.807, 2.05) is 30.3 Å². The van der Waals surface area contributed by atoms with Gasteiger partial charge in [-0.05, 0) is 24.8 Å². The molecule has 1 fully saturated rings. The molecule has 0 spiro atoms. The number of aliphatic hydroxyl groups is 1. The van der Waals surface area contributed by atoms with Gasteiger partial charge >= 0.3 is 12.0 Å². The van der Waals surface area contributed by atoms with Crippen molar-refractivity contribution in [1.82, 2.24) is 10.2 Å². The van der Waals surface area contributed by atoms with Crippen LogP contribution in [0, 0.1) is 0 Å². The Labute approximate surface area is 129 Å². The molecule has 2 rings (SSSR count). The van der Waals surface area contributed by atoms with Crippen molar-refractivity contribution >= 4 is 12.0 Å². The van der Waals surface area contributed by atoms with E-state index in [1.165, 1.54) is 0 Å². The van der Waals surface area contributed by atoms with Gasteiger partial charge in [-0.25, -0.2) is 4.79 Å². The second kappa shape index (κ2) is 7.79. The summed E-state index contributed by atoms with van der Waals surface area (Å²) in [7, 11) is 0. The van der Waals surface area contributed by atoms with Gasteiger partial charge in [0.1, 0.15) is 0 Å². The number of carbonyl (C=O) groups excluding carboxylic acids is 1. The molecule has 1 aliphatic heterocycles. The molecule has 0 radical (unpaired) electrons. The highest BCUT2D eigenvalue weighted by molar-refractivity contribution is 5.75. The zero-order valence-corrected chi connectivity index (χ0v) is 12.4. The first-order chi connectivity index (χ1) is 10.6. The lowest BCUT2D eigenvalue weighted by Gasteiger charge is -2.26. The minimum atomic E-state index is -0.933. The predicted molar refractivity (Wildman–Crippen MR) is 81.4 cm³/mol. The molecular formula is C16H22N2O4. The van der Waals surface area contributed by atoms with Gasteiger partial charge in [-0.2, -0.15) is 0 Å². The van der Waals surface area contributed by atoms with Crippen LogP contribution in [0.2, 0.25) is 0 Å². The van der Waals surface area contributed by atoms with Gasteiger partial charge < -0.3 is 20.4 Å². The van der Waals surface area contributed by atoms with E-state index < -0.39 is 12.1 Å². The van der Waals surface area contributed by atoms with E-state index in [9.17, 15) is 14.7 Å². The van der Waals surface area contributed by atoms with Crippen molar-refractivity contribution in [2.24, 2.45) is 0 Å². The van der Waals surface area contributed by atoms with Gasteiger partial charge in [-0.3, -0.25) is 4.79 Å². The summed E-state index contributed by atoms with van der Waals surface area (Å²) in [6, 6.07) is 9.14. The Bertz CT molecular complexity index is 506. The first-order valence-corrected chi connectivity index (χ1v) is 7.57. The van der Waals surface area contributed by atoms with E-state index in [4.69, 9.17) is 5.11 Å². The molecule has 0 bridgehead atoms. The average Bonchev–Trinajstić information content (AvgIpc) is 2.96. The van der Waals surface area contributed by atoms with E-state index >= 15 is 0 Å². The number of urea groups is 1. The zero-order valence-electron chi connectivity index (χ0n) is 12.4. The molecule has 6 heteroatoms. The normalized spacial score (nSPS) is 19.0. The molecule has 1 aromatic carbocycles. The standard InChI is InChI=1S/C16H22N2O4/c19-14(12-5-2-1-3-6-12)11-13-7-4-10-18(13)16(22)17-9-8-15(20)21/h1-3,5-6,13-14,19H,4,7-11H2,(H,17,22)(H,20,21). The van der Waals surface area contributed by atoms with E-state index in [0.717, 1.165) is 18.4 Å². The Hall–Kier alpha value is -2.08. The number of carboxylic acid groups (broad SMARTS) is 1. The maximum absolute atomic E-state index is 12.1. The highest BCUT2D eigenvalue weighted by atomic mass is 16.4. The number of nitrogens with zero attached hydrogens (tertiary/aromatic N) is 1. The summed E-state index contributed by atoms with van der Waals surface area (Å²) in [5, 5.41) is 21.5. The Morgan fingerprint density at radius 3 is 2.73 bits per heavy atom. The van der Waals surface area contributed by atoms with Crippen LogP contribution in [-0.2, 0) is 4.79 Å². The summed E-state index contributed by atoms with van der Waals surface area (Å²) >= 11 is 0. The van der Waals surface area contributed by atoms with E-state index in [1.54, 1.807) is 4.90 Å². The smallest absolute Gasteiger partial charge is 0.317 e. The molecule has 3 N–H and O–H groups in total. The van der Waals surface area contributed by atoms with Gasteiger partial charge in [-0.1, -0.05) is 30.3 Å². The molecule has 2 unspecified atom stereocenters. The maximum Gasteiger partial charge on any atom is 0.317 e. The molecule has 0 saturated carbocycles. The summed E-state index contributed by atoms with van der Waals surface area (Å²) in [5.74, 6) is -0.933. The molecular weight excluding hydrogens is 284 g/mol. The third-order valence-electron chi connectivity index (χ3n) is 3.93. The predicted octanol–water partition coefficient (Wildman–Crippen LogP) is 1.76. The number of hydrogen-bond acceptors (Lipinski definition) is 3. The molecule has 0 aliphatic carbocycles. The summed E-state index contributed by atoms with van der Waals surface area (Å²) in [5.41, 5.74) is 0.848. The number of benzene rings is 1. The Balaban J connectivity index is 1.87. The second-order valence-corrected chi connectivity index (χ2v) is 5.53. The fourth-order valence-electron chi connectivity index (χ4n) is 2.80. The van der Waals surface area contributed by atoms with Crippen LogP contribution >= 0.6 is 0 Å². The Morgan fingerprint density at radius 1 is 1.32 bits per heavy atom. The fraction of sp³-hybridized carbons (Fsp3) is 0.500. The van der Waals surface area contributed by atoms with Crippen LogP contribution in [0.1, 0.15) is 37.4 Å². The van der Waals surface area contributed by atoms with Gasteiger partial charge in [0.05, 0.1) is 12.5 Å². The highest BCUT2D eigenvalue weighted by Gasteiger charge is 2.30. The number of aliphatic carboxylic acids is 1. The lowest BCUT2D eigenvalue weighted by atomic mass is 10.0. The second-order valence-electron chi connectivity index (χ2n) is 5.53. The number of carboxylic acids is 1. The van der Waals surface area contributed by atoms with Crippen LogP contribution in [0.15, 0.2) is 30.3 Å². The van der Waals surface area contributed by atoms with Crippen LogP contribution in [0.4, 0.5) is 4.79 Å². The van der Waals surface area contributed by atoms with Crippen LogP contribution in [0.25, 0.3) is 0 Å². The van der Waals surface area contributed by atoms with Crippen molar-refractivity contribution in [3.8, 4) is 0 Å². The maximum atomic E-state index is 12.1. The number of amides is 2. The SMILES string of the molecule is O=C(O)CCNC(=O)N1CCCC1CC(O)c1ccccc1. The van der Waals surface area contributed by atoms with Crippen molar-refractivity contribution in [3.63, 3.8) is 0 Å². The third kappa shape index (κ3) is 4.46. The number of aliphatic hydroxyl groups excluding tert-OH is 1. The zero-order chi connectivity index (χ0) is 15.9.